The highest BCUT2D eigenvalue weighted by Crippen LogP contribution is 2.23. The summed E-state index contributed by atoms with van der Waals surface area (Å²) in [6.07, 6.45) is 0. The Morgan fingerprint density at radius 3 is 2.41 bits per heavy atom. The number of carbonyl (C=O) groups excluding carboxylic acids is 1. The van der Waals surface area contributed by atoms with Gasteiger partial charge in [-0.15, -0.1) is 0 Å². The minimum atomic E-state index is -0.356. The summed E-state index contributed by atoms with van der Waals surface area (Å²) in [4.78, 5) is 23.2. The Bertz CT molecular complexity index is 908. The summed E-state index contributed by atoms with van der Waals surface area (Å²) in [6.45, 7) is 1.36. The molecule has 22 heavy (non-hydrogen) atoms. The Labute approximate surface area is 127 Å². The van der Waals surface area contributed by atoms with Gasteiger partial charge in [-0.1, -0.05) is 12.1 Å². The van der Waals surface area contributed by atoms with Gasteiger partial charge in [0.2, 0.25) is 0 Å². The summed E-state index contributed by atoms with van der Waals surface area (Å²) >= 11 is 0. The Balaban J connectivity index is 2.12. The zero-order chi connectivity index (χ0) is 15.7. The van der Waals surface area contributed by atoms with Crippen molar-refractivity contribution in [1.29, 1.82) is 0 Å². The first-order chi connectivity index (χ1) is 10.6. The van der Waals surface area contributed by atoms with Crippen molar-refractivity contribution in [2.24, 2.45) is 7.05 Å². The second-order valence-corrected chi connectivity index (χ2v) is 5.09. The van der Waals surface area contributed by atoms with E-state index in [1.54, 1.807) is 18.2 Å². The standard InChI is InChI=1S/C18H15NO3/c1-12(20)22-14-9-7-13(8-10-14)17-11-18(21)15-5-3-4-6-16(15)19(17)2/h3-11H,1-2H3. The van der Waals surface area contributed by atoms with E-state index in [4.69, 9.17) is 4.74 Å². The van der Waals surface area contributed by atoms with Crippen LogP contribution in [-0.2, 0) is 11.8 Å². The molecule has 0 atom stereocenters. The number of ether oxygens (including phenoxy) is 1. The highest BCUT2D eigenvalue weighted by atomic mass is 16.5. The molecule has 0 saturated heterocycles. The van der Waals surface area contributed by atoms with Gasteiger partial charge < -0.3 is 9.30 Å². The highest BCUT2D eigenvalue weighted by molar-refractivity contribution is 5.82. The summed E-state index contributed by atoms with van der Waals surface area (Å²) in [6, 6.07) is 16.3. The topological polar surface area (TPSA) is 48.3 Å². The van der Waals surface area contributed by atoms with Crippen LogP contribution < -0.4 is 10.2 Å². The molecule has 1 heterocycles. The molecule has 3 rings (SSSR count). The maximum atomic E-state index is 12.3. The second kappa shape index (κ2) is 5.48. The van der Waals surface area contributed by atoms with Crippen molar-refractivity contribution in [3.8, 4) is 17.0 Å². The maximum absolute atomic E-state index is 12.3. The van der Waals surface area contributed by atoms with Crippen LogP contribution in [0.1, 0.15) is 6.92 Å². The molecule has 0 unspecified atom stereocenters. The minimum Gasteiger partial charge on any atom is -0.427 e. The van der Waals surface area contributed by atoms with Gasteiger partial charge in [-0.25, -0.2) is 0 Å². The molecule has 4 heteroatoms. The number of rotatable bonds is 2. The number of carbonyl (C=O) groups is 1. The van der Waals surface area contributed by atoms with Crippen molar-refractivity contribution >= 4 is 16.9 Å². The molecule has 0 aliphatic rings. The van der Waals surface area contributed by atoms with E-state index < -0.39 is 0 Å². The Kier molecular flexibility index (Phi) is 3.51. The van der Waals surface area contributed by atoms with Crippen molar-refractivity contribution in [2.75, 3.05) is 0 Å². The largest absolute Gasteiger partial charge is 0.427 e. The lowest BCUT2D eigenvalue weighted by Gasteiger charge is -2.12. The molecule has 110 valence electrons. The number of esters is 1. The lowest BCUT2D eigenvalue weighted by atomic mass is 10.1. The van der Waals surface area contributed by atoms with Crippen LogP contribution in [0.25, 0.3) is 22.2 Å². The summed E-state index contributed by atoms with van der Waals surface area (Å²) in [5, 5.41) is 0.699. The molecule has 0 aliphatic carbocycles. The number of hydrogen-bond acceptors (Lipinski definition) is 3. The van der Waals surface area contributed by atoms with Gasteiger partial charge in [-0.05, 0) is 42.0 Å². The molecular weight excluding hydrogens is 278 g/mol. The SMILES string of the molecule is CC(=O)Oc1ccc(-c2cc(=O)c3ccccc3n2C)cc1. The van der Waals surface area contributed by atoms with E-state index in [0.717, 1.165) is 16.8 Å². The van der Waals surface area contributed by atoms with Gasteiger partial charge in [0, 0.05) is 25.4 Å². The summed E-state index contributed by atoms with van der Waals surface area (Å²) in [5.41, 5.74) is 2.58. The fraction of sp³-hybridized carbons (Fsp3) is 0.111. The van der Waals surface area contributed by atoms with E-state index in [9.17, 15) is 9.59 Å². The van der Waals surface area contributed by atoms with Crippen LogP contribution in [0.2, 0.25) is 0 Å². The van der Waals surface area contributed by atoms with Gasteiger partial charge in [0.1, 0.15) is 5.75 Å². The summed E-state index contributed by atoms with van der Waals surface area (Å²) in [7, 11) is 1.93. The average molecular weight is 293 g/mol. The summed E-state index contributed by atoms with van der Waals surface area (Å²) < 4.78 is 7.01. The fourth-order valence-corrected chi connectivity index (χ4v) is 2.54. The molecule has 0 radical (unpaired) electrons. The maximum Gasteiger partial charge on any atom is 0.308 e. The molecule has 0 N–H and O–H groups in total. The van der Waals surface area contributed by atoms with Crippen LogP contribution >= 0.6 is 0 Å². The van der Waals surface area contributed by atoms with E-state index in [2.05, 4.69) is 0 Å². The van der Waals surface area contributed by atoms with Gasteiger partial charge in [0.05, 0.1) is 11.2 Å². The molecule has 3 aromatic rings. The van der Waals surface area contributed by atoms with Gasteiger partial charge >= 0.3 is 5.97 Å². The summed E-state index contributed by atoms with van der Waals surface area (Å²) in [5.74, 6) is 0.132. The Hall–Kier alpha value is -2.88. The number of aryl methyl sites for hydroxylation is 1. The van der Waals surface area contributed by atoms with Crippen LogP contribution in [0.4, 0.5) is 0 Å². The van der Waals surface area contributed by atoms with Crippen molar-refractivity contribution in [3.05, 3.63) is 64.8 Å². The van der Waals surface area contributed by atoms with Crippen LogP contribution in [0, 0.1) is 0 Å². The van der Waals surface area contributed by atoms with Gasteiger partial charge in [-0.3, -0.25) is 9.59 Å². The molecule has 0 spiro atoms. The van der Waals surface area contributed by atoms with Crippen molar-refractivity contribution in [3.63, 3.8) is 0 Å². The van der Waals surface area contributed by atoms with Crippen LogP contribution in [-0.4, -0.2) is 10.5 Å². The van der Waals surface area contributed by atoms with Crippen LogP contribution in [0.5, 0.6) is 5.75 Å². The van der Waals surface area contributed by atoms with Gasteiger partial charge in [0.25, 0.3) is 0 Å². The average Bonchev–Trinajstić information content (AvgIpc) is 2.51. The molecule has 0 fully saturated rings. The molecule has 0 amide bonds. The van der Waals surface area contributed by atoms with E-state index >= 15 is 0 Å². The van der Waals surface area contributed by atoms with Crippen LogP contribution in [0.15, 0.2) is 59.4 Å². The fourth-order valence-electron chi connectivity index (χ4n) is 2.54. The molecule has 2 aromatic carbocycles. The zero-order valence-corrected chi connectivity index (χ0v) is 12.4. The monoisotopic (exact) mass is 293 g/mol. The number of fused-ring (bicyclic) bond motifs is 1. The predicted molar refractivity (Wildman–Crippen MR) is 85.9 cm³/mol. The predicted octanol–water partition coefficient (Wildman–Crippen LogP) is 3.13. The third-order valence-corrected chi connectivity index (χ3v) is 3.57. The third-order valence-electron chi connectivity index (χ3n) is 3.57. The van der Waals surface area contributed by atoms with Crippen molar-refractivity contribution in [2.45, 2.75) is 6.92 Å². The molecule has 0 aliphatic heterocycles. The lowest BCUT2D eigenvalue weighted by Crippen LogP contribution is -2.08. The highest BCUT2D eigenvalue weighted by Gasteiger charge is 2.08. The number of hydrogen-bond donors (Lipinski definition) is 0. The van der Waals surface area contributed by atoms with E-state index in [0.29, 0.717) is 11.1 Å². The normalized spacial score (nSPS) is 10.6. The quantitative estimate of drug-likeness (QED) is 0.539. The molecule has 0 bridgehead atoms. The Morgan fingerprint density at radius 2 is 1.73 bits per heavy atom. The Morgan fingerprint density at radius 1 is 1.05 bits per heavy atom. The molecule has 1 aromatic heterocycles. The van der Waals surface area contributed by atoms with Crippen molar-refractivity contribution < 1.29 is 9.53 Å². The van der Waals surface area contributed by atoms with E-state index in [1.807, 2.05) is 48.0 Å². The first kappa shape index (κ1) is 14.1. The number of pyridine rings is 1. The second-order valence-electron chi connectivity index (χ2n) is 5.09. The zero-order valence-electron chi connectivity index (χ0n) is 12.4. The molecular formula is C18H15NO3. The number of para-hydroxylation sites is 1. The third kappa shape index (κ3) is 2.51. The minimum absolute atomic E-state index is 0.00670. The first-order valence-corrected chi connectivity index (χ1v) is 6.94. The first-order valence-electron chi connectivity index (χ1n) is 6.94. The van der Waals surface area contributed by atoms with Gasteiger partial charge in [-0.2, -0.15) is 0 Å². The molecule has 0 saturated carbocycles. The van der Waals surface area contributed by atoms with Gasteiger partial charge in [0.15, 0.2) is 5.43 Å². The van der Waals surface area contributed by atoms with Crippen molar-refractivity contribution in [1.82, 2.24) is 4.57 Å². The lowest BCUT2D eigenvalue weighted by molar-refractivity contribution is -0.131. The molecule has 4 nitrogen and oxygen atoms in total. The van der Waals surface area contributed by atoms with E-state index in [-0.39, 0.29) is 11.4 Å². The number of benzene rings is 2. The number of aromatic nitrogens is 1. The van der Waals surface area contributed by atoms with Crippen LogP contribution in [0.3, 0.4) is 0 Å². The number of nitrogens with zero attached hydrogens (tertiary/aromatic N) is 1. The smallest absolute Gasteiger partial charge is 0.308 e. The van der Waals surface area contributed by atoms with E-state index in [1.165, 1.54) is 6.92 Å².